The van der Waals surface area contributed by atoms with Crippen LogP contribution in [-0.4, -0.2) is 12.1 Å². The maximum absolute atomic E-state index is 6.22. The summed E-state index contributed by atoms with van der Waals surface area (Å²) in [5.74, 6) is 1.63. The van der Waals surface area contributed by atoms with Crippen LogP contribution in [0.25, 0.3) is 0 Å². The van der Waals surface area contributed by atoms with Crippen molar-refractivity contribution in [1.29, 1.82) is 0 Å². The third kappa shape index (κ3) is 2.36. The van der Waals surface area contributed by atoms with Crippen LogP contribution in [0.3, 0.4) is 0 Å². The molecule has 2 saturated carbocycles. The van der Waals surface area contributed by atoms with Gasteiger partial charge in [-0.05, 0) is 42.7 Å². The Morgan fingerprint density at radius 3 is 2.65 bits per heavy atom. The molecule has 3 rings (SSSR count). The molecule has 0 spiro atoms. The SMILES string of the molecule is CCC1CC1NC1CC(c2ccccc2Cl)C1. The Morgan fingerprint density at radius 2 is 2.00 bits per heavy atom. The van der Waals surface area contributed by atoms with Gasteiger partial charge < -0.3 is 5.32 Å². The Hall–Kier alpha value is -0.530. The minimum Gasteiger partial charge on any atom is -0.311 e. The second-order valence-electron chi connectivity index (χ2n) is 5.56. The van der Waals surface area contributed by atoms with Crippen molar-refractivity contribution in [2.45, 2.75) is 50.6 Å². The van der Waals surface area contributed by atoms with Crippen LogP contribution in [-0.2, 0) is 0 Å². The number of nitrogens with one attached hydrogen (secondary N) is 1. The highest BCUT2D eigenvalue weighted by Crippen LogP contribution is 2.42. The van der Waals surface area contributed by atoms with E-state index in [2.05, 4.69) is 24.4 Å². The first-order valence-corrected chi connectivity index (χ1v) is 7.16. The molecule has 0 amide bonds. The highest BCUT2D eigenvalue weighted by atomic mass is 35.5. The lowest BCUT2D eigenvalue weighted by Crippen LogP contribution is -2.41. The van der Waals surface area contributed by atoms with Crippen molar-refractivity contribution in [1.82, 2.24) is 5.32 Å². The molecule has 1 aromatic rings. The molecule has 2 heteroatoms. The van der Waals surface area contributed by atoms with Crippen LogP contribution in [0.5, 0.6) is 0 Å². The molecule has 0 radical (unpaired) electrons. The number of benzene rings is 1. The molecule has 1 aromatic carbocycles. The fourth-order valence-electron chi connectivity index (χ4n) is 3.02. The molecular formula is C15H20ClN. The third-order valence-electron chi connectivity index (χ3n) is 4.38. The normalized spacial score (nSPS) is 35.4. The Morgan fingerprint density at radius 1 is 1.24 bits per heavy atom. The summed E-state index contributed by atoms with van der Waals surface area (Å²) in [5, 5.41) is 4.71. The maximum atomic E-state index is 6.22. The van der Waals surface area contributed by atoms with E-state index in [-0.39, 0.29) is 0 Å². The molecule has 92 valence electrons. The summed E-state index contributed by atoms with van der Waals surface area (Å²) in [7, 11) is 0. The standard InChI is InChI=1S/C15H20ClN/c1-2-10-9-15(10)17-12-7-11(8-12)13-5-3-4-6-14(13)16/h3-6,10-12,15,17H,2,7-9H2,1H3. The van der Waals surface area contributed by atoms with Gasteiger partial charge in [-0.25, -0.2) is 0 Å². The van der Waals surface area contributed by atoms with Gasteiger partial charge in [0.1, 0.15) is 0 Å². The van der Waals surface area contributed by atoms with Gasteiger partial charge in [-0.2, -0.15) is 0 Å². The van der Waals surface area contributed by atoms with E-state index in [0.717, 1.165) is 23.0 Å². The van der Waals surface area contributed by atoms with E-state index in [0.29, 0.717) is 5.92 Å². The number of halogens is 1. The van der Waals surface area contributed by atoms with Gasteiger partial charge >= 0.3 is 0 Å². The van der Waals surface area contributed by atoms with Crippen molar-refractivity contribution >= 4 is 11.6 Å². The molecule has 17 heavy (non-hydrogen) atoms. The molecule has 1 N–H and O–H groups in total. The van der Waals surface area contributed by atoms with Crippen molar-refractivity contribution in [3.63, 3.8) is 0 Å². The van der Waals surface area contributed by atoms with Gasteiger partial charge in [0.15, 0.2) is 0 Å². The van der Waals surface area contributed by atoms with Crippen LogP contribution in [0.1, 0.15) is 44.1 Å². The largest absolute Gasteiger partial charge is 0.311 e. The van der Waals surface area contributed by atoms with E-state index in [4.69, 9.17) is 11.6 Å². The molecule has 2 atom stereocenters. The first-order chi connectivity index (χ1) is 8.28. The fraction of sp³-hybridized carbons (Fsp3) is 0.600. The lowest BCUT2D eigenvalue weighted by molar-refractivity contribution is 0.285. The number of hydrogen-bond acceptors (Lipinski definition) is 1. The monoisotopic (exact) mass is 249 g/mol. The van der Waals surface area contributed by atoms with Gasteiger partial charge in [0.25, 0.3) is 0 Å². The average Bonchev–Trinajstić information content (AvgIpc) is 3.03. The van der Waals surface area contributed by atoms with E-state index in [1.54, 1.807) is 0 Å². The van der Waals surface area contributed by atoms with Crippen LogP contribution in [0, 0.1) is 5.92 Å². The van der Waals surface area contributed by atoms with Crippen molar-refractivity contribution in [3.05, 3.63) is 34.9 Å². The van der Waals surface area contributed by atoms with E-state index in [1.807, 2.05) is 12.1 Å². The molecule has 2 fully saturated rings. The van der Waals surface area contributed by atoms with Crippen molar-refractivity contribution in [2.75, 3.05) is 0 Å². The van der Waals surface area contributed by atoms with Crippen molar-refractivity contribution in [2.24, 2.45) is 5.92 Å². The Balaban J connectivity index is 1.50. The van der Waals surface area contributed by atoms with Crippen LogP contribution in [0.2, 0.25) is 5.02 Å². The number of rotatable bonds is 4. The average molecular weight is 250 g/mol. The first kappa shape index (κ1) is 11.6. The van der Waals surface area contributed by atoms with Crippen LogP contribution < -0.4 is 5.32 Å². The summed E-state index contributed by atoms with van der Waals surface area (Å²) >= 11 is 6.22. The van der Waals surface area contributed by atoms with Crippen LogP contribution >= 0.6 is 11.6 Å². The van der Waals surface area contributed by atoms with E-state index >= 15 is 0 Å². The molecule has 0 aliphatic heterocycles. The van der Waals surface area contributed by atoms with Gasteiger partial charge in [0.2, 0.25) is 0 Å². The molecule has 0 saturated heterocycles. The molecule has 0 aromatic heterocycles. The van der Waals surface area contributed by atoms with E-state index in [9.17, 15) is 0 Å². The summed E-state index contributed by atoms with van der Waals surface area (Å²) in [5.41, 5.74) is 1.34. The smallest absolute Gasteiger partial charge is 0.0440 e. The second-order valence-corrected chi connectivity index (χ2v) is 5.97. The lowest BCUT2D eigenvalue weighted by atomic mass is 9.76. The zero-order valence-electron chi connectivity index (χ0n) is 10.3. The Kier molecular flexibility index (Phi) is 3.14. The molecule has 2 aliphatic rings. The van der Waals surface area contributed by atoms with Crippen LogP contribution in [0.15, 0.2) is 24.3 Å². The zero-order chi connectivity index (χ0) is 11.8. The van der Waals surface area contributed by atoms with E-state index in [1.165, 1.54) is 31.2 Å². The maximum Gasteiger partial charge on any atom is 0.0440 e. The lowest BCUT2D eigenvalue weighted by Gasteiger charge is -2.37. The number of hydrogen-bond donors (Lipinski definition) is 1. The quantitative estimate of drug-likeness (QED) is 0.851. The second kappa shape index (κ2) is 4.62. The third-order valence-corrected chi connectivity index (χ3v) is 4.72. The molecule has 1 nitrogen and oxygen atoms in total. The molecule has 2 aliphatic carbocycles. The van der Waals surface area contributed by atoms with Crippen LogP contribution in [0.4, 0.5) is 0 Å². The molecule has 2 unspecified atom stereocenters. The molecule has 0 bridgehead atoms. The van der Waals surface area contributed by atoms with Gasteiger partial charge in [-0.1, -0.05) is 43.1 Å². The minimum atomic E-state index is 0.681. The topological polar surface area (TPSA) is 12.0 Å². The Bertz CT molecular complexity index is 398. The highest BCUT2D eigenvalue weighted by Gasteiger charge is 2.40. The van der Waals surface area contributed by atoms with Gasteiger partial charge in [0.05, 0.1) is 0 Å². The van der Waals surface area contributed by atoms with Gasteiger partial charge in [0, 0.05) is 17.1 Å². The molecule has 0 heterocycles. The summed E-state index contributed by atoms with van der Waals surface area (Å²) < 4.78 is 0. The molecular weight excluding hydrogens is 230 g/mol. The predicted molar refractivity (Wildman–Crippen MR) is 72.5 cm³/mol. The zero-order valence-corrected chi connectivity index (χ0v) is 11.1. The highest BCUT2D eigenvalue weighted by molar-refractivity contribution is 6.31. The summed E-state index contributed by atoms with van der Waals surface area (Å²) in [6.45, 7) is 2.29. The predicted octanol–water partition coefficient (Wildman–Crippen LogP) is 3.97. The van der Waals surface area contributed by atoms with Crippen molar-refractivity contribution in [3.8, 4) is 0 Å². The first-order valence-electron chi connectivity index (χ1n) is 6.78. The van der Waals surface area contributed by atoms with E-state index < -0.39 is 0 Å². The van der Waals surface area contributed by atoms with Gasteiger partial charge in [-0.3, -0.25) is 0 Å². The fourth-order valence-corrected chi connectivity index (χ4v) is 3.31. The van der Waals surface area contributed by atoms with Gasteiger partial charge in [-0.15, -0.1) is 0 Å². The minimum absolute atomic E-state index is 0.681. The van der Waals surface area contributed by atoms with Crippen molar-refractivity contribution < 1.29 is 0 Å². The Labute approximate surface area is 109 Å². The summed E-state index contributed by atoms with van der Waals surface area (Å²) in [4.78, 5) is 0. The summed E-state index contributed by atoms with van der Waals surface area (Å²) in [6.07, 6.45) is 5.25. The summed E-state index contributed by atoms with van der Waals surface area (Å²) in [6, 6.07) is 9.84.